The number of carbonyl (C=O) groups excluding carboxylic acids is 1. The van der Waals surface area contributed by atoms with Gasteiger partial charge in [0, 0.05) is 11.7 Å². The fourth-order valence-corrected chi connectivity index (χ4v) is 2.13. The minimum Gasteiger partial charge on any atom is -0.295 e. The van der Waals surface area contributed by atoms with Crippen LogP contribution in [0.2, 0.25) is 0 Å². The van der Waals surface area contributed by atoms with E-state index in [-0.39, 0.29) is 0 Å². The van der Waals surface area contributed by atoms with E-state index in [4.69, 9.17) is 11.6 Å². The summed E-state index contributed by atoms with van der Waals surface area (Å²) in [5.74, 6) is -0.566. The van der Waals surface area contributed by atoms with Gasteiger partial charge in [0.1, 0.15) is 0 Å². The van der Waals surface area contributed by atoms with Crippen molar-refractivity contribution >= 4 is 43.2 Å². The molecular formula is C7H12BrClO3S. The van der Waals surface area contributed by atoms with Crippen molar-refractivity contribution in [2.24, 2.45) is 5.41 Å². The van der Waals surface area contributed by atoms with Gasteiger partial charge in [-0.15, -0.1) is 0 Å². The molecule has 0 aliphatic rings. The molecule has 0 aromatic carbocycles. The lowest BCUT2D eigenvalue weighted by atomic mass is 9.92. The Labute approximate surface area is 91.9 Å². The van der Waals surface area contributed by atoms with E-state index in [0.29, 0.717) is 0 Å². The fraction of sp³-hybridized carbons (Fsp3) is 0.857. The van der Waals surface area contributed by atoms with E-state index >= 15 is 0 Å². The van der Waals surface area contributed by atoms with E-state index in [2.05, 4.69) is 15.9 Å². The molecule has 0 amide bonds. The summed E-state index contributed by atoms with van der Waals surface area (Å²) in [7, 11) is -3.65. The molecule has 6 heteroatoms. The maximum absolute atomic E-state index is 11.6. The van der Waals surface area contributed by atoms with Crippen molar-refractivity contribution in [2.45, 2.75) is 23.9 Å². The van der Waals surface area contributed by atoms with Crippen LogP contribution >= 0.6 is 27.5 Å². The molecule has 13 heavy (non-hydrogen) atoms. The number of carbonyl (C=O) groups is 1. The zero-order valence-electron chi connectivity index (χ0n) is 7.89. The molecule has 78 valence electrons. The number of sulfone groups is 1. The lowest BCUT2D eigenvalue weighted by Crippen LogP contribution is -2.41. The highest BCUT2D eigenvalue weighted by Gasteiger charge is 2.48. The first-order valence-electron chi connectivity index (χ1n) is 3.53. The summed E-state index contributed by atoms with van der Waals surface area (Å²) in [6, 6.07) is 0. The van der Waals surface area contributed by atoms with Gasteiger partial charge in [-0.25, -0.2) is 8.42 Å². The molecule has 0 heterocycles. The Kier molecular flexibility index (Phi) is 3.62. The Morgan fingerprint density at radius 3 is 1.69 bits per heavy atom. The Balaban J connectivity index is 5.23. The van der Waals surface area contributed by atoms with E-state index < -0.39 is 24.2 Å². The van der Waals surface area contributed by atoms with E-state index in [1.54, 1.807) is 20.8 Å². The molecule has 0 aliphatic carbocycles. The van der Waals surface area contributed by atoms with Crippen LogP contribution in [0.3, 0.4) is 0 Å². The first-order valence-corrected chi connectivity index (χ1v) is 6.59. The summed E-state index contributed by atoms with van der Waals surface area (Å²) in [6.07, 6.45) is 0.915. The molecule has 0 N–H and O–H groups in total. The Morgan fingerprint density at radius 2 is 1.62 bits per heavy atom. The first kappa shape index (κ1) is 13.4. The normalized spacial score (nSPS) is 18.0. The number of halogens is 2. The van der Waals surface area contributed by atoms with Crippen LogP contribution in [0.25, 0.3) is 0 Å². The lowest BCUT2D eigenvalue weighted by molar-refractivity contribution is -0.125. The molecule has 0 spiro atoms. The SMILES string of the molecule is CC(C)(C)C(=O)[C@](Cl)(Br)S(C)(=O)=O. The van der Waals surface area contributed by atoms with Crippen molar-refractivity contribution in [1.29, 1.82) is 0 Å². The lowest BCUT2D eigenvalue weighted by Gasteiger charge is -2.25. The minimum absolute atomic E-state index is 0.566. The quantitative estimate of drug-likeness (QED) is 0.731. The Hall–Kier alpha value is 0.390. The molecule has 0 radical (unpaired) electrons. The van der Waals surface area contributed by atoms with Crippen molar-refractivity contribution in [3.63, 3.8) is 0 Å². The van der Waals surface area contributed by atoms with Crippen LogP contribution < -0.4 is 0 Å². The predicted molar refractivity (Wildman–Crippen MR) is 56.8 cm³/mol. The molecule has 1 atom stereocenters. The average molecular weight is 292 g/mol. The molecule has 0 bridgehead atoms. The number of alkyl halides is 2. The van der Waals surface area contributed by atoms with Gasteiger partial charge >= 0.3 is 0 Å². The average Bonchev–Trinajstić information content (AvgIpc) is 1.81. The van der Waals surface area contributed by atoms with Crippen LogP contribution in [-0.4, -0.2) is 23.6 Å². The topological polar surface area (TPSA) is 51.2 Å². The van der Waals surface area contributed by atoms with E-state index in [1.165, 1.54) is 0 Å². The second-order valence-corrected chi connectivity index (χ2v) is 8.99. The van der Waals surface area contributed by atoms with Gasteiger partial charge in [-0.1, -0.05) is 32.4 Å². The minimum atomic E-state index is -3.65. The second kappa shape index (κ2) is 3.51. The molecular weight excluding hydrogens is 279 g/mol. The number of hydrogen-bond donors (Lipinski definition) is 0. The monoisotopic (exact) mass is 290 g/mol. The molecule has 3 nitrogen and oxygen atoms in total. The maximum atomic E-state index is 11.6. The van der Waals surface area contributed by atoms with Gasteiger partial charge in [-0.3, -0.25) is 4.79 Å². The Morgan fingerprint density at radius 1 is 1.31 bits per heavy atom. The van der Waals surface area contributed by atoms with Gasteiger partial charge < -0.3 is 0 Å². The van der Waals surface area contributed by atoms with E-state index in [9.17, 15) is 13.2 Å². The summed E-state index contributed by atoms with van der Waals surface area (Å²) in [5, 5.41) is 0. The third-order valence-corrected chi connectivity index (χ3v) is 5.66. The summed E-state index contributed by atoms with van der Waals surface area (Å²) in [4.78, 5) is 11.6. The van der Waals surface area contributed by atoms with Gasteiger partial charge in [0.05, 0.1) is 0 Å². The summed E-state index contributed by atoms with van der Waals surface area (Å²) >= 11 is 8.36. The third-order valence-electron chi connectivity index (χ3n) is 1.41. The van der Waals surface area contributed by atoms with Crippen molar-refractivity contribution in [3.05, 3.63) is 0 Å². The van der Waals surface area contributed by atoms with Crippen LogP contribution in [0.5, 0.6) is 0 Å². The molecule has 0 unspecified atom stereocenters. The second-order valence-electron chi connectivity index (χ2n) is 3.87. The number of ketones is 1. The zero-order valence-corrected chi connectivity index (χ0v) is 11.0. The standard InChI is InChI=1S/C7H12BrClO3S/c1-6(2,3)5(10)7(8,9)13(4,11)12/h1-4H3/t7-/m1/s1. The first-order chi connectivity index (χ1) is 5.40. The summed E-state index contributed by atoms with van der Waals surface area (Å²) < 4.78 is 20.3. The molecule has 0 fully saturated rings. The van der Waals surface area contributed by atoms with Gasteiger partial charge in [0.25, 0.3) is 3.12 Å². The maximum Gasteiger partial charge on any atom is 0.257 e. The van der Waals surface area contributed by atoms with Crippen molar-refractivity contribution in [3.8, 4) is 0 Å². The van der Waals surface area contributed by atoms with E-state index in [1.807, 2.05) is 0 Å². The van der Waals surface area contributed by atoms with Gasteiger partial charge in [-0.2, -0.15) is 0 Å². The highest BCUT2D eigenvalue weighted by Crippen LogP contribution is 2.37. The summed E-state index contributed by atoms with van der Waals surface area (Å²) in [6.45, 7) is 4.83. The number of Topliss-reactive ketones (excluding diaryl/α,β-unsaturated/α-hetero) is 1. The molecule has 0 aliphatic heterocycles. The van der Waals surface area contributed by atoms with Crippen molar-refractivity contribution < 1.29 is 13.2 Å². The third kappa shape index (κ3) is 2.92. The van der Waals surface area contributed by atoms with Crippen LogP contribution in [0.4, 0.5) is 0 Å². The molecule has 0 aromatic rings. The predicted octanol–water partition coefficient (Wildman–Crippen LogP) is 1.93. The summed E-state index contributed by atoms with van der Waals surface area (Å²) in [5.41, 5.74) is -0.797. The zero-order chi connectivity index (χ0) is 11.1. The van der Waals surface area contributed by atoms with Crippen molar-refractivity contribution in [1.82, 2.24) is 0 Å². The van der Waals surface area contributed by atoms with Gasteiger partial charge in [0.2, 0.25) is 0 Å². The number of rotatable bonds is 2. The highest BCUT2D eigenvalue weighted by atomic mass is 79.9. The van der Waals surface area contributed by atoms with Crippen molar-refractivity contribution in [2.75, 3.05) is 6.26 Å². The largest absolute Gasteiger partial charge is 0.295 e. The van der Waals surface area contributed by atoms with E-state index in [0.717, 1.165) is 6.26 Å². The van der Waals surface area contributed by atoms with Gasteiger partial charge in [0.15, 0.2) is 15.6 Å². The number of hydrogen-bond acceptors (Lipinski definition) is 3. The van der Waals surface area contributed by atoms with Crippen LogP contribution in [-0.2, 0) is 14.6 Å². The van der Waals surface area contributed by atoms with Crippen LogP contribution in [0.15, 0.2) is 0 Å². The smallest absolute Gasteiger partial charge is 0.257 e. The molecule has 0 rings (SSSR count). The van der Waals surface area contributed by atoms with Gasteiger partial charge in [-0.05, 0) is 15.9 Å². The molecule has 0 saturated heterocycles. The van der Waals surface area contributed by atoms with Crippen LogP contribution in [0.1, 0.15) is 20.8 Å². The van der Waals surface area contributed by atoms with Crippen LogP contribution in [0, 0.1) is 5.41 Å². The Bertz CT molecular complexity index is 313. The highest BCUT2D eigenvalue weighted by molar-refractivity contribution is 9.12. The molecule has 0 saturated carbocycles. The fourth-order valence-electron chi connectivity index (χ4n) is 0.605. The molecule has 0 aromatic heterocycles.